The second-order valence-corrected chi connectivity index (χ2v) is 3.96. The fourth-order valence-electron chi connectivity index (χ4n) is 1.41. The molecule has 92 valence electrons. The summed E-state index contributed by atoms with van der Waals surface area (Å²) in [6.07, 6.45) is 5.03. The first-order valence-corrected chi connectivity index (χ1v) is 5.98. The second kappa shape index (κ2) is 10.4. The maximum atomic E-state index is 11.2. The summed E-state index contributed by atoms with van der Waals surface area (Å²) in [6, 6.07) is 0. The zero-order valence-corrected chi connectivity index (χ0v) is 10.0. The van der Waals surface area contributed by atoms with Crippen LogP contribution in [0.4, 0.5) is 0 Å². The van der Waals surface area contributed by atoms with Crippen molar-refractivity contribution in [1.29, 1.82) is 0 Å². The number of nitrogens with zero attached hydrogens (tertiary/aromatic N) is 1. The molecule has 1 amide bonds. The number of nitrogens with one attached hydrogen (secondary N) is 1. The standard InChI is InChI=1S/C12H22N2O2/c1-3-4-5-6-7-8-14-12(16)9-11(15)10-13-2/h11,15H,3-10H2,1H3,(H,14,16)/t11-/m0/s1. The molecule has 0 saturated heterocycles. The smallest absolute Gasteiger partial charge is 0.240 e. The number of hydrogen-bond donors (Lipinski definition) is 2. The summed E-state index contributed by atoms with van der Waals surface area (Å²) in [7, 11) is 0. The molecule has 0 rings (SSSR count). The van der Waals surface area contributed by atoms with Gasteiger partial charge >= 0.3 is 0 Å². The number of rotatable bonds is 9. The first kappa shape index (κ1) is 14.9. The normalized spacial score (nSPS) is 11.8. The Morgan fingerprint density at radius 1 is 1.38 bits per heavy atom. The molecule has 0 spiro atoms. The van der Waals surface area contributed by atoms with Gasteiger partial charge in [0.15, 0.2) is 0 Å². The van der Waals surface area contributed by atoms with Crippen molar-refractivity contribution in [2.24, 2.45) is 0 Å². The van der Waals surface area contributed by atoms with Gasteiger partial charge in [0.2, 0.25) is 12.5 Å². The molecule has 4 nitrogen and oxygen atoms in total. The third-order valence-corrected chi connectivity index (χ3v) is 2.33. The van der Waals surface area contributed by atoms with Gasteiger partial charge in [-0.15, -0.1) is 0 Å². The van der Waals surface area contributed by atoms with Gasteiger partial charge in [0, 0.05) is 6.54 Å². The Labute approximate surface area is 97.9 Å². The van der Waals surface area contributed by atoms with E-state index in [0.29, 0.717) is 6.54 Å². The average molecular weight is 226 g/mol. The zero-order valence-electron chi connectivity index (χ0n) is 10.0. The van der Waals surface area contributed by atoms with E-state index in [4.69, 9.17) is 6.57 Å². The minimum atomic E-state index is -0.822. The molecule has 1 atom stereocenters. The summed E-state index contributed by atoms with van der Waals surface area (Å²) in [4.78, 5) is 14.3. The molecule has 0 aromatic carbocycles. The van der Waals surface area contributed by atoms with Gasteiger partial charge in [0.05, 0.1) is 6.42 Å². The summed E-state index contributed by atoms with van der Waals surface area (Å²) in [5.41, 5.74) is 0. The van der Waals surface area contributed by atoms with Crippen LogP contribution in [-0.2, 0) is 4.79 Å². The lowest BCUT2D eigenvalue weighted by Crippen LogP contribution is -2.29. The lowest BCUT2D eigenvalue weighted by Gasteiger charge is -2.06. The highest BCUT2D eigenvalue weighted by molar-refractivity contribution is 5.76. The number of unbranched alkanes of at least 4 members (excludes halogenated alkanes) is 4. The van der Waals surface area contributed by atoms with E-state index in [2.05, 4.69) is 17.1 Å². The fraction of sp³-hybridized carbons (Fsp3) is 0.833. The Kier molecular flexibility index (Phi) is 9.73. The number of hydrogen-bond acceptors (Lipinski definition) is 2. The van der Waals surface area contributed by atoms with Crippen LogP contribution in [0.2, 0.25) is 0 Å². The number of aliphatic hydroxyl groups excluding tert-OH is 1. The van der Waals surface area contributed by atoms with E-state index in [9.17, 15) is 9.90 Å². The third kappa shape index (κ3) is 9.47. The van der Waals surface area contributed by atoms with Crippen LogP contribution in [0, 0.1) is 6.57 Å². The first-order valence-electron chi connectivity index (χ1n) is 5.98. The Bertz CT molecular complexity index is 224. The molecule has 0 aromatic rings. The van der Waals surface area contributed by atoms with Crippen molar-refractivity contribution >= 4 is 5.91 Å². The lowest BCUT2D eigenvalue weighted by molar-refractivity contribution is -0.122. The van der Waals surface area contributed by atoms with Crippen molar-refractivity contribution in [3.63, 3.8) is 0 Å². The lowest BCUT2D eigenvalue weighted by atomic mass is 10.1. The van der Waals surface area contributed by atoms with Crippen molar-refractivity contribution in [1.82, 2.24) is 5.32 Å². The molecule has 2 N–H and O–H groups in total. The first-order chi connectivity index (χ1) is 7.70. The van der Waals surface area contributed by atoms with E-state index in [0.717, 1.165) is 12.8 Å². The predicted octanol–water partition coefficient (Wildman–Crippen LogP) is 1.74. The molecule has 0 saturated carbocycles. The molecular weight excluding hydrogens is 204 g/mol. The van der Waals surface area contributed by atoms with Crippen LogP contribution in [-0.4, -0.2) is 30.2 Å². The Balaban J connectivity index is 3.34. The molecule has 0 aliphatic carbocycles. The van der Waals surface area contributed by atoms with Gasteiger partial charge in [-0.3, -0.25) is 4.79 Å². The van der Waals surface area contributed by atoms with Gasteiger partial charge in [-0.05, 0) is 6.42 Å². The van der Waals surface area contributed by atoms with Gasteiger partial charge in [0.25, 0.3) is 0 Å². The van der Waals surface area contributed by atoms with Crippen LogP contribution in [0.3, 0.4) is 0 Å². The summed E-state index contributed by atoms with van der Waals surface area (Å²) in [5.74, 6) is -0.161. The molecule has 0 bridgehead atoms. The summed E-state index contributed by atoms with van der Waals surface area (Å²) >= 11 is 0. The average Bonchev–Trinajstić information content (AvgIpc) is 2.23. The van der Waals surface area contributed by atoms with Crippen molar-refractivity contribution in [3.8, 4) is 0 Å². The predicted molar refractivity (Wildman–Crippen MR) is 63.9 cm³/mol. The molecule has 4 heteroatoms. The summed E-state index contributed by atoms with van der Waals surface area (Å²) in [5, 5.41) is 12.0. The number of aliphatic hydroxyl groups is 1. The minimum absolute atomic E-state index is 0.00389. The summed E-state index contributed by atoms with van der Waals surface area (Å²) < 4.78 is 0. The third-order valence-electron chi connectivity index (χ3n) is 2.33. The SMILES string of the molecule is [C-]#[N+]C[C@@H](O)CC(=O)NCCCCCCC. The molecule has 0 fully saturated rings. The molecular formula is C12H22N2O2. The molecule has 16 heavy (non-hydrogen) atoms. The second-order valence-electron chi connectivity index (χ2n) is 3.96. The fourth-order valence-corrected chi connectivity index (χ4v) is 1.41. The van der Waals surface area contributed by atoms with Gasteiger partial charge < -0.3 is 15.3 Å². The highest BCUT2D eigenvalue weighted by Crippen LogP contribution is 2.01. The molecule has 0 unspecified atom stereocenters. The molecule has 0 aliphatic rings. The van der Waals surface area contributed by atoms with E-state index >= 15 is 0 Å². The molecule has 0 aromatic heterocycles. The maximum Gasteiger partial charge on any atom is 0.240 e. The Morgan fingerprint density at radius 2 is 2.06 bits per heavy atom. The van der Waals surface area contributed by atoms with E-state index in [1.807, 2.05) is 0 Å². The molecule has 0 aliphatic heterocycles. The van der Waals surface area contributed by atoms with Crippen LogP contribution in [0.25, 0.3) is 4.85 Å². The monoisotopic (exact) mass is 226 g/mol. The quantitative estimate of drug-likeness (QED) is 0.465. The van der Waals surface area contributed by atoms with E-state index in [1.54, 1.807) is 0 Å². The van der Waals surface area contributed by atoms with Crippen molar-refractivity contribution in [2.45, 2.75) is 51.6 Å². The highest BCUT2D eigenvalue weighted by atomic mass is 16.3. The van der Waals surface area contributed by atoms with Gasteiger partial charge in [0.1, 0.15) is 6.10 Å². The van der Waals surface area contributed by atoms with Crippen LogP contribution in [0.5, 0.6) is 0 Å². The Morgan fingerprint density at radius 3 is 2.69 bits per heavy atom. The van der Waals surface area contributed by atoms with Gasteiger partial charge in [-0.25, -0.2) is 6.57 Å². The van der Waals surface area contributed by atoms with E-state index in [-0.39, 0.29) is 18.9 Å². The van der Waals surface area contributed by atoms with Crippen molar-refractivity contribution < 1.29 is 9.90 Å². The largest absolute Gasteiger partial charge is 0.385 e. The number of carbonyl (C=O) groups is 1. The minimum Gasteiger partial charge on any atom is -0.385 e. The van der Waals surface area contributed by atoms with Crippen LogP contribution >= 0.6 is 0 Å². The van der Waals surface area contributed by atoms with Gasteiger partial charge in [-0.2, -0.15) is 0 Å². The summed E-state index contributed by atoms with van der Waals surface area (Å²) in [6.45, 7) is 9.39. The maximum absolute atomic E-state index is 11.2. The van der Waals surface area contributed by atoms with Crippen LogP contribution in [0.15, 0.2) is 0 Å². The Hall–Kier alpha value is -1.08. The van der Waals surface area contributed by atoms with Crippen LogP contribution < -0.4 is 5.32 Å². The number of amides is 1. The highest BCUT2D eigenvalue weighted by Gasteiger charge is 2.11. The van der Waals surface area contributed by atoms with E-state index in [1.165, 1.54) is 19.3 Å². The molecule has 0 heterocycles. The van der Waals surface area contributed by atoms with Crippen molar-refractivity contribution in [2.75, 3.05) is 13.1 Å². The topological polar surface area (TPSA) is 53.7 Å². The van der Waals surface area contributed by atoms with E-state index < -0.39 is 6.10 Å². The zero-order chi connectivity index (χ0) is 12.2. The molecule has 0 radical (unpaired) electrons. The van der Waals surface area contributed by atoms with Crippen molar-refractivity contribution in [3.05, 3.63) is 11.4 Å². The van der Waals surface area contributed by atoms with Gasteiger partial charge in [-0.1, -0.05) is 32.6 Å². The van der Waals surface area contributed by atoms with Crippen LogP contribution in [0.1, 0.15) is 45.4 Å². The number of carbonyl (C=O) groups excluding carboxylic acids is 1.